The summed E-state index contributed by atoms with van der Waals surface area (Å²) in [6.07, 6.45) is 3.38. The minimum Gasteiger partial charge on any atom is -0.264 e. The molecular weight excluding hydrogens is 217 g/mol. The Morgan fingerprint density at radius 1 is 1.29 bits per heavy atom. The van der Waals surface area contributed by atoms with E-state index in [2.05, 4.69) is 11.6 Å². The fraction of sp³-hybridized carbons (Fsp3) is 0.182. The normalized spacial score (nSPS) is 14.9. The number of hydrogen-bond donors (Lipinski definition) is 0. The van der Waals surface area contributed by atoms with Crippen molar-refractivity contribution in [3.63, 3.8) is 0 Å². The van der Waals surface area contributed by atoms with E-state index in [1.807, 2.05) is 19.9 Å². The van der Waals surface area contributed by atoms with Gasteiger partial charge < -0.3 is 0 Å². The second-order valence-electron chi connectivity index (χ2n) is 3.05. The van der Waals surface area contributed by atoms with Crippen LogP contribution in [0.4, 0.5) is 0 Å². The first kappa shape index (κ1) is 11.3. The zero-order valence-electron chi connectivity index (χ0n) is 8.14. The standard InChI is InChI=1S/C11H11Cl2N/c1-7(2)11(13)9-4-5-14-6-10(9)8(3)12/h4-6H,1H2,2-3H3/b10-8+,11-9+. The fourth-order valence-corrected chi connectivity index (χ4v) is 1.41. The highest BCUT2D eigenvalue weighted by atomic mass is 35.5. The summed E-state index contributed by atoms with van der Waals surface area (Å²) in [5.74, 6) is 0. The zero-order chi connectivity index (χ0) is 10.7. The molecule has 0 aliphatic carbocycles. The van der Waals surface area contributed by atoms with Crippen LogP contribution in [0.1, 0.15) is 13.8 Å². The lowest BCUT2D eigenvalue weighted by Crippen LogP contribution is -2.27. The summed E-state index contributed by atoms with van der Waals surface area (Å²) < 4.78 is 0. The summed E-state index contributed by atoms with van der Waals surface area (Å²) in [5, 5.41) is 3.03. The minimum atomic E-state index is 0.627. The Hall–Kier alpha value is -0.790. The molecule has 0 radical (unpaired) electrons. The van der Waals surface area contributed by atoms with Crippen molar-refractivity contribution in [1.29, 1.82) is 0 Å². The van der Waals surface area contributed by atoms with Crippen LogP contribution in [-0.2, 0) is 0 Å². The number of nitrogens with zero attached hydrogens (tertiary/aromatic N) is 1. The lowest BCUT2D eigenvalue weighted by Gasteiger charge is -1.97. The SMILES string of the molecule is C=C(C)/C(Cl)=c1/ccnc/c1=C(/C)Cl. The third-order valence-electron chi connectivity index (χ3n) is 1.80. The molecule has 0 saturated heterocycles. The van der Waals surface area contributed by atoms with Crippen LogP contribution in [0.2, 0.25) is 0 Å². The molecule has 0 aliphatic rings. The molecule has 0 amide bonds. The summed E-state index contributed by atoms with van der Waals surface area (Å²) in [6.45, 7) is 7.46. The van der Waals surface area contributed by atoms with Gasteiger partial charge in [-0.25, -0.2) is 0 Å². The average Bonchev–Trinajstić information content (AvgIpc) is 2.16. The van der Waals surface area contributed by atoms with Crippen LogP contribution in [0, 0.1) is 0 Å². The quantitative estimate of drug-likeness (QED) is 0.719. The molecule has 0 atom stereocenters. The third-order valence-corrected chi connectivity index (χ3v) is 2.53. The van der Waals surface area contributed by atoms with Gasteiger partial charge in [0.2, 0.25) is 0 Å². The van der Waals surface area contributed by atoms with Crippen LogP contribution < -0.4 is 10.4 Å². The van der Waals surface area contributed by atoms with Crippen molar-refractivity contribution in [2.75, 3.05) is 0 Å². The van der Waals surface area contributed by atoms with Crippen molar-refractivity contribution >= 4 is 33.3 Å². The van der Waals surface area contributed by atoms with Crippen molar-refractivity contribution in [3.8, 4) is 0 Å². The maximum absolute atomic E-state index is 6.11. The molecule has 0 saturated carbocycles. The molecule has 1 aromatic rings. The van der Waals surface area contributed by atoms with E-state index in [1.165, 1.54) is 0 Å². The van der Waals surface area contributed by atoms with Gasteiger partial charge in [-0.2, -0.15) is 0 Å². The lowest BCUT2D eigenvalue weighted by molar-refractivity contribution is 1.26. The second-order valence-corrected chi connectivity index (χ2v) is 3.99. The van der Waals surface area contributed by atoms with Crippen molar-refractivity contribution in [1.82, 2.24) is 4.98 Å². The number of hydrogen-bond acceptors (Lipinski definition) is 1. The molecule has 1 aromatic heterocycles. The molecule has 3 heteroatoms. The van der Waals surface area contributed by atoms with Crippen LogP contribution in [-0.4, -0.2) is 4.98 Å². The molecule has 0 bridgehead atoms. The highest BCUT2D eigenvalue weighted by Gasteiger charge is 1.97. The summed E-state index contributed by atoms with van der Waals surface area (Å²) in [4.78, 5) is 4.00. The Morgan fingerprint density at radius 3 is 2.43 bits per heavy atom. The summed E-state index contributed by atoms with van der Waals surface area (Å²) in [6, 6.07) is 1.83. The minimum absolute atomic E-state index is 0.627. The first-order chi connectivity index (χ1) is 6.54. The van der Waals surface area contributed by atoms with Crippen molar-refractivity contribution in [3.05, 3.63) is 41.0 Å². The van der Waals surface area contributed by atoms with Crippen molar-refractivity contribution in [2.45, 2.75) is 13.8 Å². The Bertz CT molecular complexity index is 470. The molecule has 0 unspecified atom stereocenters. The first-order valence-electron chi connectivity index (χ1n) is 4.16. The Morgan fingerprint density at radius 2 is 1.93 bits per heavy atom. The van der Waals surface area contributed by atoms with Crippen LogP contribution in [0.3, 0.4) is 0 Å². The number of allylic oxidation sites excluding steroid dienone is 1. The molecule has 1 nitrogen and oxygen atoms in total. The van der Waals surface area contributed by atoms with Gasteiger partial charge >= 0.3 is 0 Å². The molecule has 74 valence electrons. The second kappa shape index (κ2) is 4.63. The number of aromatic nitrogens is 1. The summed E-state index contributed by atoms with van der Waals surface area (Å²) in [5.41, 5.74) is 0.817. The van der Waals surface area contributed by atoms with Gasteiger partial charge in [0.25, 0.3) is 0 Å². The van der Waals surface area contributed by atoms with Gasteiger partial charge in [-0.15, -0.1) is 0 Å². The van der Waals surface area contributed by atoms with Crippen LogP contribution in [0.5, 0.6) is 0 Å². The molecule has 0 fully saturated rings. The highest BCUT2D eigenvalue weighted by molar-refractivity contribution is 6.48. The lowest BCUT2D eigenvalue weighted by atomic mass is 10.2. The average molecular weight is 228 g/mol. The smallest absolute Gasteiger partial charge is 0.0509 e. The van der Waals surface area contributed by atoms with Gasteiger partial charge in [0.05, 0.1) is 5.03 Å². The molecule has 1 heterocycles. The number of halogens is 2. The van der Waals surface area contributed by atoms with Gasteiger partial charge in [0.15, 0.2) is 0 Å². The first-order valence-corrected chi connectivity index (χ1v) is 4.91. The monoisotopic (exact) mass is 227 g/mol. The largest absolute Gasteiger partial charge is 0.264 e. The molecule has 1 rings (SSSR count). The maximum atomic E-state index is 6.11. The predicted molar refractivity (Wildman–Crippen MR) is 62.5 cm³/mol. The highest BCUT2D eigenvalue weighted by Crippen LogP contribution is 2.09. The van der Waals surface area contributed by atoms with E-state index in [0.717, 1.165) is 16.0 Å². The molecule has 0 aliphatic heterocycles. The van der Waals surface area contributed by atoms with E-state index in [4.69, 9.17) is 23.2 Å². The molecule has 0 N–H and O–H groups in total. The van der Waals surface area contributed by atoms with E-state index >= 15 is 0 Å². The Kier molecular flexibility index (Phi) is 3.73. The number of pyridine rings is 1. The summed E-state index contributed by atoms with van der Waals surface area (Å²) >= 11 is 12.0. The topological polar surface area (TPSA) is 12.9 Å². The molecular formula is C11H11Cl2N. The van der Waals surface area contributed by atoms with Crippen LogP contribution in [0.25, 0.3) is 10.1 Å². The predicted octanol–water partition coefficient (Wildman–Crippen LogP) is 2.37. The zero-order valence-corrected chi connectivity index (χ0v) is 9.65. The van der Waals surface area contributed by atoms with Crippen molar-refractivity contribution < 1.29 is 0 Å². The van der Waals surface area contributed by atoms with Crippen LogP contribution >= 0.6 is 23.2 Å². The van der Waals surface area contributed by atoms with Crippen molar-refractivity contribution in [2.24, 2.45) is 0 Å². The van der Waals surface area contributed by atoms with E-state index < -0.39 is 0 Å². The van der Waals surface area contributed by atoms with Gasteiger partial charge in [-0.1, -0.05) is 29.8 Å². The van der Waals surface area contributed by atoms with E-state index in [1.54, 1.807) is 12.4 Å². The third kappa shape index (κ3) is 2.37. The van der Waals surface area contributed by atoms with E-state index in [9.17, 15) is 0 Å². The number of rotatable bonds is 1. The van der Waals surface area contributed by atoms with Crippen LogP contribution in [0.15, 0.2) is 30.6 Å². The van der Waals surface area contributed by atoms with E-state index in [0.29, 0.717) is 10.1 Å². The van der Waals surface area contributed by atoms with E-state index in [-0.39, 0.29) is 0 Å². The van der Waals surface area contributed by atoms with Gasteiger partial charge in [-0.3, -0.25) is 4.98 Å². The molecule has 0 spiro atoms. The Balaban J connectivity index is 3.76. The fourth-order valence-electron chi connectivity index (χ4n) is 1.09. The summed E-state index contributed by atoms with van der Waals surface area (Å²) in [7, 11) is 0. The van der Waals surface area contributed by atoms with Gasteiger partial charge in [0.1, 0.15) is 0 Å². The van der Waals surface area contributed by atoms with Gasteiger partial charge in [-0.05, 0) is 25.5 Å². The Labute approximate surface area is 93.4 Å². The molecule has 14 heavy (non-hydrogen) atoms. The maximum Gasteiger partial charge on any atom is 0.0509 e. The van der Waals surface area contributed by atoms with Gasteiger partial charge in [0, 0.05) is 27.9 Å². The molecule has 0 aromatic carbocycles.